The van der Waals surface area contributed by atoms with Crippen LogP contribution in [-0.2, 0) is 11.8 Å². The molecule has 3 rings (SSSR count). The molecule has 1 aromatic carbocycles. The van der Waals surface area contributed by atoms with Gasteiger partial charge in [0.2, 0.25) is 5.91 Å². The number of nitrogens with one attached hydrogen (secondary N) is 1. The molecule has 1 N–H and O–H groups in total. The number of nitrogens with zero attached hydrogens (tertiary/aromatic N) is 5. The maximum Gasteiger partial charge on any atom is 0.246 e. The number of benzene rings is 1. The van der Waals surface area contributed by atoms with Gasteiger partial charge in [0.15, 0.2) is 5.96 Å². The maximum atomic E-state index is 13.7. The summed E-state index contributed by atoms with van der Waals surface area (Å²) in [4.78, 5) is 21.6. The van der Waals surface area contributed by atoms with Gasteiger partial charge in [0.1, 0.15) is 12.4 Å². The van der Waals surface area contributed by atoms with Crippen molar-refractivity contribution in [2.24, 2.45) is 12.0 Å². The van der Waals surface area contributed by atoms with E-state index in [1.54, 1.807) is 27.9 Å². The van der Waals surface area contributed by atoms with E-state index in [0.717, 1.165) is 18.2 Å². The van der Waals surface area contributed by atoms with Crippen molar-refractivity contribution in [3.05, 3.63) is 42.5 Å². The minimum atomic E-state index is -0.208. The first-order valence-electron chi connectivity index (χ1n) is 9.28. The molecule has 1 saturated heterocycles. The Balaban J connectivity index is 0.00000300. The highest BCUT2D eigenvalue weighted by Gasteiger charge is 2.27. The molecule has 1 amide bonds. The number of hydrogen-bond donors (Lipinski definition) is 1. The van der Waals surface area contributed by atoms with E-state index in [2.05, 4.69) is 15.4 Å². The van der Waals surface area contributed by atoms with Gasteiger partial charge in [0.05, 0.1) is 18.4 Å². The monoisotopic (exact) mass is 532 g/mol. The number of halogens is 2. The second-order valence-electron chi connectivity index (χ2n) is 6.35. The Morgan fingerprint density at radius 2 is 2.14 bits per heavy atom. The molecule has 2 aromatic rings. The fourth-order valence-electron chi connectivity index (χ4n) is 2.97. The number of aryl methyl sites for hydroxylation is 1. The minimum absolute atomic E-state index is 0. The lowest BCUT2D eigenvalue weighted by Crippen LogP contribution is -2.55. The Bertz CT molecular complexity index is 846. The van der Waals surface area contributed by atoms with Crippen LogP contribution in [-0.4, -0.2) is 65.0 Å². The van der Waals surface area contributed by atoms with Crippen LogP contribution in [0.2, 0.25) is 0 Å². The molecule has 1 aliphatic rings. The molecule has 0 spiro atoms. The second-order valence-corrected chi connectivity index (χ2v) is 7.49. The maximum absolute atomic E-state index is 13.7. The average molecular weight is 532 g/mol. The summed E-state index contributed by atoms with van der Waals surface area (Å²) in [7, 11) is 1.83. The van der Waals surface area contributed by atoms with Gasteiger partial charge in [-0.3, -0.25) is 14.5 Å². The second kappa shape index (κ2) is 11.4. The Morgan fingerprint density at radius 3 is 2.79 bits per heavy atom. The van der Waals surface area contributed by atoms with E-state index in [9.17, 15) is 9.18 Å². The van der Waals surface area contributed by atoms with Crippen molar-refractivity contribution in [1.29, 1.82) is 0 Å². The van der Waals surface area contributed by atoms with Crippen molar-refractivity contribution in [2.45, 2.75) is 11.8 Å². The van der Waals surface area contributed by atoms with E-state index < -0.39 is 0 Å². The summed E-state index contributed by atoms with van der Waals surface area (Å²) in [5, 5.41) is 7.38. The number of guanidine groups is 1. The molecule has 0 unspecified atom stereocenters. The first kappa shape index (κ1) is 23.5. The molecule has 1 fully saturated rings. The highest BCUT2D eigenvalue weighted by atomic mass is 127. The number of hydrogen-bond acceptors (Lipinski definition) is 4. The number of piperazine rings is 1. The van der Waals surface area contributed by atoms with Crippen LogP contribution >= 0.6 is 35.7 Å². The molecule has 29 heavy (non-hydrogen) atoms. The third kappa shape index (κ3) is 6.33. The van der Waals surface area contributed by atoms with Crippen LogP contribution in [0.25, 0.3) is 0 Å². The summed E-state index contributed by atoms with van der Waals surface area (Å²) in [5.74, 6) is 1.20. The van der Waals surface area contributed by atoms with Crippen molar-refractivity contribution in [3.8, 4) is 0 Å². The van der Waals surface area contributed by atoms with Crippen LogP contribution < -0.4 is 10.2 Å². The molecule has 1 aromatic heterocycles. The van der Waals surface area contributed by atoms with Gasteiger partial charge in [-0.2, -0.15) is 5.10 Å². The molecule has 0 bridgehead atoms. The zero-order valence-corrected chi connectivity index (χ0v) is 19.7. The quantitative estimate of drug-likeness (QED) is 0.204. The number of amides is 1. The molecule has 0 radical (unpaired) electrons. The predicted octanol–water partition coefficient (Wildman–Crippen LogP) is 2.58. The van der Waals surface area contributed by atoms with Crippen LogP contribution in [0.3, 0.4) is 0 Å². The van der Waals surface area contributed by atoms with Crippen molar-refractivity contribution < 1.29 is 9.18 Å². The first-order valence-corrected chi connectivity index (χ1v) is 10.3. The number of anilines is 1. The van der Waals surface area contributed by atoms with E-state index in [4.69, 9.17) is 0 Å². The lowest BCUT2D eigenvalue weighted by molar-refractivity contribution is -0.120. The average Bonchev–Trinajstić information content (AvgIpc) is 3.11. The molecular weight excluding hydrogens is 506 g/mol. The molecular formula is C19H26FIN6OS. The van der Waals surface area contributed by atoms with Crippen LogP contribution in [0.5, 0.6) is 0 Å². The van der Waals surface area contributed by atoms with Gasteiger partial charge in [0.25, 0.3) is 0 Å². The standard InChI is InChI=1S/C19H25FN6OS.HI/c1-3-21-19(22-8-11-28-17-7-5-4-6-16(17)20)25-9-10-26(18(27)14-25)15-12-23-24(2)13-15;/h4-7,12-13H,3,8-11,14H2,1-2H3,(H,21,22);1H. The summed E-state index contributed by atoms with van der Waals surface area (Å²) in [6.45, 7) is 4.79. The molecule has 0 atom stereocenters. The fraction of sp³-hybridized carbons (Fsp3) is 0.421. The smallest absolute Gasteiger partial charge is 0.246 e. The van der Waals surface area contributed by atoms with Crippen molar-refractivity contribution in [3.63, 3.8) is 0 Å². The van der Waals surface area contributed by atoms with Crippen molar-refractivity contribution in [2.75, 3.05) is 43.4 Å². The lowest BCUT2D eigenvalue weighted by Gasteiger charge is -2.35. The van der Waals surface area contributed by atoms with Crippen LogP contribution in [0, 0.1) is 5.82 Å². The Hall–Kier alpha value is -1.82. The number of aliphatic imine (C=N–C) groups is 1. The summed E-state index contributed by atoms with van der Waals surface area (Å²) < 4.78 is 15.4. The topological polar surface area (TPSA) is 65.8 Å². The van der Waals surface area contributed by atoms with Crippen LogP contribution in [0.15, 0.2) is 46.5 Å². The normalized spacial score (nSPS) is 14.7. The Labute approximate surface area is 191 Å². The number of carbonyl (C=O) groups excluding carboxylic acids is 1. The lowest BCUT2D eigenvalue weighted by atomic mass is 10.3. The number of thioether (sulfide) groups is 1. The molecule has 0 aliphatic carbocycles. The summed E-state index contributed by atoms with van der Waals surface area (Å²) in [6.07, 6.45) is 3.54. The first-order chi connectivity index (χ1) is 13.6. The van der Waals surface area contributed by atoms with Crippen LogP contribution in [0.1, 0.15) is 6.92 Å². The number of aromatic nitrogens is 2. The molecule has 158 valence electrons. The van der Waals surface area contributed by atoms with Gasteiger partial charge in [0, 0.05) is 43.5 Å². The van der Waals surface area contributed by atoms with Crippen molar-refractivity contribution >= 4 is 53.3 Å². The minimum Gasteiger partial charge on any atom is -0.357 e. The Morgan fingerprint density at radius 1 is 1.34 bits per heavy atom. The van der Waals surface area contributed by atoms with Gasteiger partial charge in [-0.25, -0.2) is 4.39 Å². The summed E-state index contributed by atoms with van der Waals surface area (Å²) in [6, 6.07) is 6.74. The molecule has 2 heterocycles. The van der Waals surface area contributed by atoms with E-state index >= 15 is 0 Å². The third-order valence-electron chi connectivity index (χ3n) is 4.31. The van der Waals surface area contributed by atoms with E-state index in [-0.39, 0.29) is 42.2 Å². The van der Waals surface area contributed by atoms with Gasteiger partial charge >= 0.3 is 0 Å². The summed E-state index contributed by atoms with van der Waals surface area (Å²) >= 11 is 1.44. The SMILES string of the molecule is CCNC(=NCCSc1ccccc1F)N1CCN(c2cnn(C)c2)C(=O)C1.I. The Kier molecular flexibility index (Phi) is 9.21. The van der Waals surface area contributed by atoms with Gasteiger partial charge < -0.3 is 15.1 Å². The zero-order chi connectivity index (χ0) is 19.9. The van der Waals surface area contributed by atoms with Crippen LogP contribution in [0.4, 0.5) is 10.1 Å². The molecule has 1 aliphatic heterocycles. The summed E-state index contributed by atoms with van der Waals surface area (Å²) in [5.41, 5.74) is 0.815. The van der Waals surface area contributed by atoms with Gasteiger partial charge in [-0.05, 0) is 19.1 Å². The highest BCUT2D eigenvalue weighted by molar-refractivity contribution is 14.0. The number of carbonyl (C=O) groups is 1. The van der Waals surface area contributed by atoms with E-state index in [0.29, 0.717) is 30.3 Å². The van der Waals surface area contributed by atoms with Crippen molar-refractivity contribution in [1.82, 2.24) is 20.0 Å². The molecule has 10 heteroatoms. The largest absolute Gasteiger partial charge is 0.357 e. The fourth-order valence-corrected chi connectivity index (χ4v) is 3.75. The zero-order valence-electron chi connectivity index (χ0n) is 16.5. The predicted molar refractivity (Wildman–Crippen MR) is 126 cm³/mol. The van der Waals surface area contributed by atoms with Gasteiger partial charge in [-0.15, -0.1) is 35.7 Å². The molecule has 0 saturated carbocycles. The number of rotatable bonds is 6. The highest BCUT2D eigenvalue weighted by Crippen LogP contribution is 2.21. The third-order valence-corrected chi connectivity index (χ3v) is 5.33. The molecule has 7 nitrogen and oxygen atoms in total. The van der Waals surface area contributed by atoms with Gasteiger partial charge in [-0.1, -0.05) is 12.1 Å². The van der Waals surface area contributed by atoms with E-state index in [1.807, 2.05) is 31.1 Å². The van der Waals surface area contributed by atoms with E-state index in [1.165, 1.54) is 17.8 Å².